The lowest BCUT2D eigenvalue weighted by Gasteiger charge is -2.09. The molecule has 92 valence electrons. The number of halogens is 1. The third-order valence-corrected chi connectivity index (χ3v) is 2.66. The SMILES string of the molecule is CC=Cc1ccccc1OCc1ccnc(Cl)c1. The van der Waals surface area contributed by atoms with Crippen molar-refractivity contribution in [3.63, 3.8) is 0 Å². The maximum atomic E-state index is 5.83. The Morgan fingerprint density at radius 2 is 2.11 bits per heavy atom. The quantitative estimate of drug-likeness (QED) is 0.762. The maximum Gasteiger partial charge on any atom is 0.129 e. The highest BCUT2D eigenvalue weighted by Gasteiger charge is 2.01. The first-order valence-electron chi connectivity index (χ1n) is 5.74. The Balaban J connectivity index is 2.10. The zero-order valence-corrected chi connectivity index (χ0v) is 10.9. The molecule has 0 radical (unpaired) electrons. The average molecular weight is 260 g/mol. The summed E-state index contributed by atoms with van der Waals surface area (Å²) in [5.74, 6) is 0.864. The van der Waals surface area contributed by atoms with E-state index in [1.54, 1.807) is 12.3 Å². The van der Waals surface area contributed by atoms with Crippen molar-refractivity contribution in [2.45, 2.75) is 13.5 Å². The van der Waals surface area contributed by atoms with Gasteiger partial charge in [0.1, 0.15) is 17.5 Å². The molecule has 0 spiro atoms. The van der Waals surface area contributed by atoms with E-state index in [2.05, 4.69) is 4.98 Å². The molecule has 2 rings (SSSR count). The van der Waals surface area contributed by atoms with Gasteiger partial charge in [0, 0.05) is 11.8 Å². The van der Waals surface area contributed by atoms with Crippen molar-refractivity contribution in [1.82, 2.24) is 4.98 Å². The molecule has 0 unspecified atom stereocenters. The summed E-state index contributed by atoms with van der Waals surface area (Å²) in [7, 11) is 0. The Morgan fingerprint density at radius 1 is 1.28 bits per heavy atom. The van der Waals surface area contributed by atoms with Crippen molar-refractivity contribution in [3.8, 4) is 5.75 Å². The second-order valence-corrected chi connectivity index (χ2v) is 4.20. The normalized spacial score (nSPS) is 10.8. The molecule has 1 aromatic heterocycles. The predicted octanol–water partition coefficient (Wildman–Crippen LogP) is 4.35. The monoisotopic (exact) mass is 259 g/mol. The van der Waals surface area contributed by atoms with Gasteiger partial charge in [0.25, 0.3) is 0 Å². The van der Waals surface area contributed by atoms with Gasteiger partial charge in [0.15, 0.2) is 0 Å². The van der Waals surface area contributed by atoms with Crippen LogP contribution in [0.3, 0.4) is 0 Å². The Hall–Kier alpha value is -1.80. The Kier molecular flexibility index (Phi) is 4.37. The second kappa shape index (κ2) is 6.22. The maximum absolute atomic E-state index is 5.83. The number of nitrogens with zero attached hydrogens (tertiary/aromatic N) is 1. The Bertz CT molecular complexity index is 552. The second-order valence-electron chi connectivity index (χ2n) is 3.81. The molecule has 0 saturated heterocycles. The van der Waals surface area contributed by atoms with E-state index in [-0.39, 0.29) is 0 Å². The van der Waals surface area contributed by atoms with Crippen LogP contribution in [-0.2, 0) is 6.61 Å². The van der Waals surface area contributed by atoms with Crippen LogP contribution in [0.25, 0.3) is 6.08 Å². The van der Waals surface area contributed by atoms with Crippen LogP contribution in [0.4, 0.5) is 0 Å². The highest BCUT2D eigenvalue weighted by Crippen LogP contribution is 2.21. The minimum Gasteiger partial charge on any atom is -0.488 e. The molecule has 0 fully saturated rings. The number of para-hydroxylation sites is 1. The average Bonchev–Trinajstić information content (AvgIpc) is 2.38. The van der Waals surface area contributed by atoms with Crippen molar-refractivity contribution in [2.24, 2.45) is 0 Å². The summed E-state index contributed by atoms with van der Waals surface area (Å²) >= 11 is 5.83. The molecule has 2 aromatic rings. The van der Waals surface area contributed by atoms with Crippen LogP contribution in [0.15, 0.2) is 48.7 Å². The molecule has 0 bridgehead atoms. The van der Waals surface area contributed by atoms with E-state index in [9.17, 15) is 0 Å². The van der Waals surface area contributed by atoms with Crippen LogP contribution in [0.1, 0.15) is 18.1 Å². The van der Waals surface area contributed by atoms with Crippen molar-refractivity contribution in [2.75, 3.05) is 0 Å². The van der Waals surface area contributed by atoms with Crippen molar-refractivity contribution < 1.29 is 4.74 Å². The van der Waals surface area contributed by atoms with E-state index < -0.39 is 0 Å². The Labute approximate surface area is 112 Å². The number of ether oxygens (including phenoxy) is 1. The standard InChI is InChI=1S/C15H14ClNO/c1-2-5-13-6-3-4-7-14(13)18-11-12-8-9-17-15(16)10-12/h2-10H,11H2,1H3. The van der Waals surface area contributed by atoms with Gasteiger partial charge in [-0.15, -0.1) is 0 Å². The summed E-state index contributed by atoms with van der Waals surface area (Å²) in [6.07, 6.45) is 5.69. The number of benzene rings is 1. The van der Waals surface area contributed by atoms with Gasteiger partial charge in [-0.05, 0) is 30.7 Å². The van der Waals surface area contributed by atoms with E-state index in [1.807, 2.05) is 49.4 Å². The third kappa shape index (κ3) is 3.34. The van der Waals surface area contributed by atoms with Crippen LogP contribution >= 0.6 is 11.6 Å². The summed E-state index contributed by atoms with van der Waals surface area (Å²) in [6.45, 7) is 2.47. The zero-order chi connectivity index (χ0) is 12.8. The van der Waals surface area contributed by atoms with E-state index in [1.165, 1.54) is 0 Å². The zero-order valence-electron chi connectivity index (χ0n) is 10.1. The summed E-state index contributed by atoms with van der Waals surface area (Å²) in [6, 6.07) is 11.6. The lowest BCUT2D eigenvalue weighted by atomic mass is 10.2. The fourth-order valence-electron chi connectivity index (χ4n) is 1.62. The molecule has 0 amide bonds. The summed E-state index contributed by atoms with van der Waals surface area (Å²) in [5, 5.41) is 0.484. The molecule has 1 heterocycles. The van der Waals surface area contributed by atoms with Crippen LogP contribution < -0.4 is 4.74 Å². The van der Waals surface area contributed by atoms with Crippen LogP contribution in [0.5, 0.6) is 5.75 Å². The third-order valence-electron chi connectivity index (χ3n) is 2.45. The van der Waals surface area contributed by atoms with Crippen LogP contribution in [-0.4, -0.2) is 4.98 Å². The minimum absolute atomic E-state index is 0.483. The first kappa shape index (κ1) is 12.7. The van der Waals surface area contributed by atoms with Gasteiger partial charge in [0.05, 0.1) is 0 Å². The van der Waals surface area contributed by atoms with Gasteiger partial charge in [-0.2, -0.15) is 0 Å². The number of allylic oxidation sites excluding steroid dienone is 1. The molecule has 2 nitrogen and oxygen atoms in total. The number of aromatic nitrogens is 1. The molecule has 0 N–H and O–H groups in total. The van der Waals surface area contributed by atoms with Crippen molar-refractivity contribution in [1.29, 1.82) is 0 Å². The fraction of sp³-hybridized carbons (Fsp3) is 0.133. The Morgan fingerprint density at radius 3 is 2.89 bits per heavy atom. The van der Waals surface area contributed by atoms with Gasteiger partial charge < -0.3 is 4.74 Å². The molecular weight excluding hydrogens is 246 g/mol. The molecule has 0 aliphatic carbocycles. The lowest BCUT2D eigenvalue weighted by Crippen LogP contribution is -1.97. The van der Waals surface area contributed by atoms with Crippen LogP contribution in [0, 0.1) is 0 Å². The van der Waals surface area contributed by atoms with Gasteiger partial charge in [-0.1, -0.05) is 42.0 Å². The molecule has 3 heteroatoms. The topological polar surface area (TPSA) is 22.1 Å². The minimum atomic E-state index is 0.483. The lowest BCUT2D eigenvalue weighted by molar-refractivity contribution is 0.305. The number of hydrogen-bond acceptors (Lipinski definition) is 2. The van der Waals surface area contributed by atoms with Gasteiger partial charge in [-0.25, -0.2) is 4.98 Å². The predicted molar refractivity (Wildman–Crippen MR) is 74.7 cm³/mol. The van der Waals surface area contributed by atoms with Gasteiger partial charge in [-0.3, -0.25) is 0 Å². The first-order valence-corrected chi connectivity index (χ1v) is 6.12. The van der Waals surface area contributed by atoms with Crippen LogP contribution in [0.2, 0.25) is 5.15 Å². The first-order chi connectivity index (χ1) is 8.79. The summed E-state index contributed by atoms with van der Waals surface area (Å²) in [5.41, 5.74) is 2.07. The number of hydrogen-bond donors (Lipinski definition) is 0. The largest absolute Gasteiger partial charge is 0.488 e. The molecule has 0 atom stereocenters. The smallest absolute Gasteiger partial charge is 0.129 e. The molecule has 18 heavy (non-hydrogen) atoms. The molecule has 0 aliphatic rings. The number of rotatable bonds is 4. The van der Waals surface area contributed by atoms with E-state index in [4.69, 9.17) is 16.3 Å². The van der Waals surface area contributed by atoms with E-state index in [0.717, 1.165) is 16.9 Å². The molecule has 0 aliphatic heterocycles. The number of pyridine rings is 1. The van der Waals surface area contributed by atoms with Gasteiger partial charge >= 0.3 is 0 Å². The molecule has 0 saturated carbocycles. The van der Waals surface area contributed by atoms with Crippen molar-refractivity contribution >= 4 is 17.7 Å². The fourth-order valence-corrected chi connectivity index (χ4v) is 1.82. The molecular formula is C15H14ClNO. The highest BCUT2D eigenvalue weighted by atomic mass is 35.5. The highest BCUT2D eigenvalue weighted by molar-refractivity contribution is 6.29. The molecule has 1 aromatic carbocycles. The van der Waals surface area contributed by atoms with Gasteiger partial charge in [0.2, 0.25) is 0 Å². The summed E-state index contributed by atoms with van der Waals surface area (Å²) < 4.78 is 5.79. The van der Waals surface area contributed by atoms with E-state index >= 15 is 0 Å². The summed E-state index contributed by atoms with van der Waals surface area (Å²) in [4.78, 5) is 3.94. The van der Waals surface area contributed by atoms with E-state index in [0.29, 0.717) is 11.8 Å². The van der Waals surface area contributed by atoms with Crippen molar-refractivity contribution in [3.05, 3.63) is 65.0 Å².